The van der Waals surface area contributed by atoms with Crippen molar-refractivity contribution in [1.82, 2.24) is 4.90 Å². The summed E-state index contributed by atoms with van der Waals surface area (Å²) in [6.07, 6.45) is 8.98. The lowest BCUT2D eigenvalue weighted by molar-refractivity contribution is -0.115. The van der Waals surface area contributed by atoms with Crippen LogP contribution in [-0.4, -0.2) is 36.4 Å². The molecular formula is C19H27ClN2O. The smallest absolute Gasteiger partial charge is 0.137 e. The molecule has 1 atom stereocenters. The first-order valence-electron chi connectivity index (χ1n) is 8.86. The third-order valence-electron chi connectivity index (χ3n) is 5.96. The predicted molar refractivity (Wildman–Crippen MR) is 94.8 cm³/mol. The number of aldehydes is 1. The molecule has 1 unspecified atom stereocenters. The van der Waals surface area contributed by atoms with Gasteiger partial charge in [0.2, 0.25) is 0 Å². The van der Waals surface area contributed by atoms with Crippen molar-refractivity contribution in [3.8, 4) is 0 Å². The summed E-state index contributed by atoms with van der Waals surface area (Å²) in [5.41, 5.74) is 7.51. The molecule has 1 aliphatic heterocycles. The number of nitrogens with two attached hydrogens (primary N) is 1. The maximum atomic E-state index is 11.4. The van der Waals surface area contributed by atoms with Crippen LogP contribution in [0.2, 0.25) is 5.02 Å². The highest BCUT2D eigenvalue weighted by molar-refractivity contribution is 6.30. The number of carbonyl (C=O) groups excluding carboxylic acids is 1. The first-order valence-corrected chi connectivity index (χ1v) is 9.23. The van der Waals surface area contributed by atoms with Crippen molar-refractivity contribution in [3.05, 3.63) is 34.9 Å². The van der Waals surface area contributed by atoms with E-state index in [1.54, 1.807) is 0 Å². The number of carbonyl (C=O) groups is 1. The van der Waals surface area contributed by atoms with Crippen LogP contribution in [0.25, 0.3) is 0 Å². The number of nitrogens with zero attached hydrogens (tertiary/aromatic N) is 1. The summed E-state index contributed by atoms with van der Waals surface area (Å²) in [6.45, 7) is 1.73. The Hall–Kier alpha value is -0.900. The fourth-order valence-electron chi connectivity index (χ4n) is 4.49. The molecule has 2 N–H and O–H groups in total. The number of halogens is 1. The molecule has 0 spiro atoms. The lowest BCUT2D eigenvalue weighted by atomic mass is 9.67. The average Bonchev–Trinajstić information content (AvgIpc) is 2.62. The van der Waals surface area contributed by atoms with Gasteiger partial charge in [0, 0.05) is 23.0 Å². The largest absolute Gasteiger partial charge is 0.330 e. The SMILES string of the molecule is NCC1(c2cccc(Cl)c2)CCC(N2CCCCC2C=O)CC1. The Labute approximate surface area is 144 Å². The molecule has 126 valence electrons. The molecule has 0 bridgehead atoms. The van der Waals surface area contributed by atoms with Crippen molar-refractivity contribution < 1.29 is 4.79 Å². The number of piperidine rings is 1. The van der Waals surface area contributed by atoms with Crippen molar-refractivity contribution in [3.63, 3.8) is 0 Å². The van der Waals surface area contributed by atoms with E-state index in [1.807, 2.05) is 12.1 Å². The van der Waals surface area contributed by atoms with Crippen LogP contribution in [-0.2, 0) is 10.2 Å². The zero-order chi connectivity index (χ0) is 16.3. The quantitative estimate of drug-likeness (QED) is 0.857. The molecule has 23 heavy (non-hydrogen) atoms. The van der Waals surface area contributed by atoms with Gasteiger partial charge >= 0.3 is 0 Å². The lowest BCUT2D eigenvalue weighted by Crippen LogP contribution is -2.51. The Morgan fingerprint density at radius 1 is 1.26 bits per heavy atom. The monoisotopic (exact) mass is 334 g/mol. The summed E-state index contributed by atoms with van der Waals surface area (Å²) >= 11 is 6.18. The summed E-state index contributed by atoms with van der Waals surface area (Å²) in [6, 6.07) is 8.84. The van der Waals surface area contributed by atoms with E-state index in [4.69, 9.17) is 17.3 Å². The summed E-state index contributed by atoms with van der Waals surface area (Å²) in [5, 5.41) is 0.787. The van der Waals surface area contributed by atoms with E-state index in [-0.39, 0.29) is 11.5 Å². The Morgan fingerprint density at radius 2 is 2.04 bits per heavy atom. The lowest BCUT2D eigenvalue weighted by Gasteiger charge is -2.46. The number of benzene rings is 1. The fraction of sp³-hybridized carbons (Fsp3) is 0.632. The number of hydrogen-bond donors (Lipinski definition) is 1. The molecule has 0 amide bonds. The second-order valence-corrected chi connectivity index (χ2v) is 7.60. The minimum absolute atomic E-state index is 0.0495. The van der Waals surface area contributed by atoms with E-state index < -0.39 is 0 Å². The molecule has 2 fully saturated rings. The van der Waals surface area contributed by atoms with E-state index in [0.717, 1.165) is 50.0 Å². The molecular weight excluding hydrogens is 308 g/mol. The highest BCUT2D eigenvalue weighted by Gasteiger charge is 2.39. The zero-order valence-electron chi connectivity index (χ0n) is 13.7. The maximum absolute atomic E-state index is 11.4. The molecule has 1 saturated heterocycles. The molecule has 0 radical (unpaired) electrons. The van der Waals surface area contributed by atoms with Crippen LogP contribution in [0.4, 0.5) is 0 Å². The van der Waals surface area contributed by atoms with Gasteiger partial charge in [0.15, 0.2) is 0 Å². The van der Waals surface area contributed by atoms with Crippen molar-refractivity contribution in [2.75, 3.05) is 13.1 Å². The van der Waals surface area contributed by atoms with Crippen molar-refractivity contribution in [1.29, 1.82) is 0 Å². The Bertz CT molecular complexity index is 540. The van der Waals surface area contributed by atoms with Gasteiger partial charge < -0.3 is 10.5 Å². The number of rotatable bonds is 4. The van der Waals surface area contributed by atoms with Gasteiger partial charge in [0.05, 0.1) is 6.04 Å². The Kier molecular flexibility index (Phi) is 5.40. The normalized spacial score (nSPS) is 32.6. The van der Waals surface area contributed by atoms with Crippen LogP contribution in [0.15, 0.2) is 24.3 Å². The Balaban J connectivity index is 1.72. The summed E-state index contributed by atoms with van der Waals surface area (Å²) in [5.74, 6) is 0. The second-order valence-electron chi connectivity index (χ2n) is 7.16. The Morgan fingerprint density at radius 3 is 2.70 bits per heavy atom. The second kappa shape index (κ2) is 7.33. The average molecular weight is 335 g/mol. The summed E-state index contributed by atoms with van der Waals surface area (Å²) in [4.78, 5) is 13.8. The van der Waals surface area contributed by atoms with Crippen molar-refractivity contribution in [2.24, 2.45) is 5.73 Å². The van der Waals surface area contributed by atoms with Gasteiger partial charge in [0.25, 0.3) is 0 Å². The van der Waals surface area contributed by atoms with Crippen LogP contribution in [0.5, 0.6) is 0 Å². The van der Waals surface area contributed by atoms with Crippen LogP contribution in [0, 0.1) is 0 Å². The summed E-state index contributed by atoms with van der Waals surface area (Å²) < 4.78 is 0. The first-order chi connectivity index (χ1) is 11.2. The molecule has 1 aliphatic carbocycles. The van der Waals surface area contributed by atoms with Gasteiger partial charge in [-0.05, 0) is 62.8 Å². The van der Waals surface area contributed by atoms with Crippen LogP contribution in [0.3, 0.4) is 0 Å². The molecule has 0 aromatic heterocycles. The highest BCUT2D eigenvalue weighted by Crippen LogP contribution is 2.41. The van der Waals surface area contributed by atoms with Crippen LogP contribution < -0.4 is 5.73 Å². The van der Waals surface area contributed by atoms with E-state index in [1.165, 1.54) is 18.4 Å². The number of hydrogen-bond acceptors (Lipinski definition) is 3. The molecule has 2 aliphatic rings. The molecule has 4 heteroatoms. The topological polar surface area (TPSA) is 46.3 Å². The third kappa shape index (κ3) is 3.47. The fourth-order valence-corrected chi connectivity index (χ4v) is 4.69. The summed E-state index contributed by atoms with van der Waals surface area (Å²) in [7, 11) is 0. The van der Waals surface area contributed by atoms with Gasteiger partial charge in [-0.3, -0.25) is 4.90 Å². The minimum Gasteiger partial charge on any atom is -0.330 e. The van der Waals surface area contributed by atoms with Gasteiger partial charge in [-0.1, -0.05) is 30.2 Å². The van der Waals surface area contributed by atoms with Crippen LogP contribution >= 0.6 is 11.6 Å². The van der Waals surface area contributed by atoms with Gasteiger partial charge in [0.1, 0.15) is 6.29 Å². The number of likely N-dealkylation sites (tertiary alicyclic amines) is 1. The maximum Gasteiger partial charge on any atom is 0.137 e. The molecule has 3 rings (SSSR count). The van der Waals surface area contributed by atoms with Crippen molar-refractivity contribution in [2.45, 2.75) is 62.4 Å². The van der Waals surface area contributed by atoms with E-state index in [2.05, 4.69) is 17.0 Å². The molecule has 1 heterocycles. The van der Waals surface area contributed by atoms with E-state index >= 15 is 0 Å². The first kappa shape index (κ1) is 16.9. The van der Waals surface area contributed by atoms with Crippen molar-refractivity contribution >= 4 is 17.9 Å². The predicted octanol–water partition coefficient (Wildman–Crippen LogP) is 3.53. The molecule has 1 saturated carbocycles. The molecule has 1 aromatic carbocycles. The van der Waals surface area contributed by atoms with Crippen LogP contribution in [0.1, 0.15) is 50.5 Å². The third-order valence-corrected chi connectivity index (χ3v) is 6.19. The zero-order valence-corrected chi connectivity index (χ0v) is 14.5. The van der Waals surface area contributed by atoms with E-state index in [0.29, 0.717) is 12.6 Å². The standard InChI is InChI=1S/C19H27ClN2O/c20-16-5-3-4-15(12-16)19(14-21)9-7-17(8-10-19)22-11-2-1-6-18(22)13-23/h3-5,12-13,17-18H,1-2,6-11,14,21H2. The highest BCUT2D eigenvalue weighted by atomic mass is 35.5. The van der Waals surface area contributed by atoms with Gasteiger partial charge in [-0.25, -0.2) is 0 Å². The molecule has 3 nitrogen and oxygen atoms in total. The van der Waals surface area contributed by atoms with Gasteiger partial charge in [-0.2, -0.15) is 0 Å². The van der Waals surface area contributed by atoms with E-state index in [9.17, 15) is 4.79 Å². The molecule has 1 aromatic rings. The van der Waals surface area contributed by atoms with Gasteiger partial charge in [-0.15, -0.1) is 0 Å². The minimum atomic E-state index is 0.0495.